The second kappa shape index (κ2) is 27.6. The Hall–Kier alpha value is -0.690. The number of hydrogen-bond acceptors (Lipinski definition) is 6. The van der Waals surface area contributed by atoms with Gasteiger partial charge in [-0.05, 0) is 25.2 Å². The minimum Gasteiger partial charge on any atom is -0.465 e. The summed E-state index contributed by atoms with van der Waals surface area (Å²) in [5.41, 5.74) is 0. The molecule has 0 aromatic rings. The predicted molar refractivity (Wildman–Crippen MR) is 135 cm³/mol. The molecule has 0 heterocycles. The van der Waals surface area contributed by atoms with Crippen LogP contribution in [0.3, 0.4) is 0 Å². The average Bonchev–Trinajstić information content (AvgIpc) is 2.82. The first kappa shape index (κ1) is 32.3. The lowest BCUT2D eigenvalue weighted by molar-refractivity contribution is -0.145. The number of rotatable bonds is 27. The van der Waals surface area contributed by atoms with Gasteiger partial charge in [-0.25, -0.2) is 0 Å². The third-order valence-corrected chi connectivity index (χ3v) is 5.76. The number of ether oxygens (including phenoxy) is 5. The van der Waals surface area contributed by atoms with Crippen LogP contribution in [0.2, 0.25) is 0 Å². The number of unbranched alkanes of at least 4 members (excludes halogenated alkanes) is 8. The molecule has 0 saturated carbocycles. The molecule has 0 fully saturated rings. The smallest absolute Gasteiger partial charge is 0.305 e. The third kappa shape index (κ3) is 25.8. The molecule has 0 aliphatic rings. The SMILES string of the molecule is CCCCCCCCC(CCCCCC)COC(=O)CCCOCCOCCOCCOC. The molecule has 0 N–H and O–H groups in total. The zero-order valence-corrected chi connectivity index (χ0v) is 22.1. The van der Waals surface area contributed by atoms with Gasteiger partial charge in [-0.1, -0.05) is 78.1 Å². The lowest BCUT2D eigenvalue weighted by atomic mass is 9.95. The van der Waals surface area contributed by atoms with Crippen LogP contribution in [0.4, 0.5) is 0 Å². The fourth-order valence-corrected chi connectivity index (χ4v) is 3.67. The van der Waals surface area contributed by atoms with E-state index in [9.17, 15) is 4.79 Å². The highest BCUT2D eigenvalue weighted by molar-refractivity contribution is 5.69. The summed E-state index contributed by atoms with van der Waals surface area (Å²) in [5, 5.41) is 0. The van der Waals surface area contributed by atoms with Gasteiger partial charge in [0, 0.05) is 20.1 Å². The van der Waals surface area contributed by atoms with Gasteiger partial charge >= 0.3 is 5.97 Å². The molecule has 0 rings (SSSR count). The van der Waals surface area contributed by atoms with Gasteiger partial charge in [-0.2, -0.15) is 0 Å². The Morgan fingerprint density at radius 1 is 0.606 bits per heavy atom. The van der Waals surface area contributed by atoms with Gasteiger partial charge in [0.25, 0.3) is 0 Å². The summed E-state index contributed by atoms with van der Waals surface area (Å²) in [6, 6.07) is 0. The number of hydrogen-bond donors (Lipinski definition) is 0. The summed E-state index contributed by atoms with van der Waals surface area (Å²) < 4.78 is 26.8. The summed E-state index contributed by atoms with van der Waals surface area (Å²) in [6.45, 7) is 9.02. The van der Waals surface area contributed by atoms with Crippen molar-refractivity contribution in [1.82, 2.24) is 0 Å². The molecule has 0 aromatic heterocycles. The fourth-order valence-electron chi connectivity index (χ4n) is 3.67. The maximum absolute atomic E-state index is 12.1. The van der Waals surface area contributed by atoms with Crippen LogP contribution in [-0.2, 0) is 28.5 Å². The molecule has 0 saturated heterocycles. The molecule has 6 nitrogen and oxygen atoms in total. The van der Waals surface area contributed by atoms with E-state index in [1.165, 1.54) is 77.0 Å². The van der Waals surface area contributed by atoms with Gasteiger partial charge in [0.1, 0.15) is 0 Å². The van der Waals surface area contributed by atoms with Crippen molar-refractivity contribution in [2.45, 2.75) is 104 Å². The monoisotopic (exact) mass is 474 g/mol. The maximum atomic E-state index is 12.1. The highest BCUT2D eigenvalue weighted by Crippen LogP contribution is 2.19. The molecule has 33 heavy (non-hydrogen) atoms. The lowest BCUT2D eigenvalue weighted by Crippen LogP contribution is -2.15. The quantitative estimate of drug-likeness (QED) is 0.102. The third-order valence-electron chi connectivity index (χ3n) is 5.76. The Morgan fingerprint density at radius 2 is 1.09 bits per heavy atom. The van der Waals surface area contributed by atoms with E-state index in [1.807, 2.05) is 0 Å². The van der Waals surface area contributed by atoms with E-state index in [0.717, 1.165) is 0 Å². The van der Waals surface area contributed by atoms with Crippen LogP contribution in [0.5, 0.6) is 0 Å². The Bertz CT molecular complexity index is 391. The zero-order valence-electron chi connectivity index (χ0n) is 22.1. The largest absolute Gasteiger partial charge is 0.465 e. The Morgan fingerprint density at radius 3 is 1.67 bits per heavy atom. The summed E-state index contributed by atoms with van der Waals surface area (Å²) in [4.78, 5) is 12.1. The molecule has 0 bridgehead atoms. The first-order valence-corrected chi connectivity index (χ1v) is 13.6. The van der Waals surface area contributed by atoms with Gasteiger partial charge < -0.3 is 23.7 Å². The van der Waals surface area contributed by atoms with Gasteiger partial charge in [-0.3, -0.25) is 4.79 Å². The van der Waals surface area contributed by atoms with Crippen molar-refractivity contribution in [1.29, 1.82) is 0 Å². The molecular weight excluding hydrogens is 420 g/mol. The first-order chi connectivity index (χ1) is 16.2. The van der Waals surface area contributed by atoms with Crippen molar-refractivity contribution >= 4 is 5.97 Å². The topological polar surface area (TPSA) is 63.2 Å². The second-order valence-corrected chi connectivity index (χ2v) is 8.89. The van der Waals surface area contributed by atoms with Crippen LogP contribution in [0.25, 0.3) is 0 Å². The van der Waals surface area contributed by atoms with Gasteiger partial charge in [0.2, 0.25) is 0 Å². The van der Waals surface area contributed by atoms with Crippen LogP contribution >= 0.6 is 0 Å². The minimum absolute atomic E-state index is 0.0930. The van der Waals surface area contributed by atoms with E-state index < -0.39 is 0 Å². The lowest BCUT2D eigenvalue weighted by Gasteiger charge is -2.17. The van der Waals surface area contributed by atoms with Gasteiger partial charge in [0.15, 0.2) is 0 Å². The van der Waals surface area contributed by atoms with Gasteiger partial charge in [0.05, 0.1) is 46.2 Å². The molecule has 0 aromatic carbocycles. The predicted octanol–water partition coefficient (Wildman–Crippen LogP) is 6.34. The van der Waals surface area contributed by atoms with Crippen LogP contribution < -0.4 is 0 Å². The number of methoxy groups -OCH3 is 1. The zero-order chi connectivity index (χ0) is 24.2. The van der Waals surface area contributed by atoms with Crippen molar-refractivity contribution in [2.75, 3.05) is 60.0 Å². The normalized spacial score (nSPS) is 12.2. The maximum Gasteiger partial charge on any atom is 0.305 e. The van der Waals surface area contributed by atoms with E-state index in [0.29, 0.717) is 71.6 Å². The van der Waals surface area contributed by atoms with E-state index in [-0.39, 0.29) is 5.97 Å². The molecule has 0 aliphatic heterocycles. The molecule has 0 amide bonds. The highest BCUT2D eigenvalue weighted by Gasteiger charge is 2.12. The molecule has 198 valence electrons. The molecule has 1 unspecified atom stereocenters. The van der Waals surface area contributed by atoms with Gasteiger partial charge in [-0.15, -0.1) is 0 Å². The van der Waals surface area contributed by atoms with Crippen molar-refractivity contribution in [3.63, 3.8) is 0 Å². The Balaban J connectivity index is 3.74. The van der Waals surface area contributed by atoms with Crippen molar-refractivity contribution in [3.8, 4) is 0 Å². The fraction of sp³-hybridized carbons (Fsp3) is 0.963. The molecule has 0 radical (unpaired) electrons. The number of carbonyl (C=O) groups is 1. The van der Waals surface area contributed by atoms with Crippen molar-refractivity contribution in [3.05, 3.63) is 0 Å². The van der Waals surface area contributed by atoms with Crippen LogP contribution in [0, 0.1) is 5.92 Å². The van der Waals surface area contributed by atoms with Crippen LogP contribution in [0.15, 0.2) is 0 Å². The molecule has 0 spiro atoms. The highest BCUT2D eigenvalue weighted by atomic mass is 16.6. The Labute approximate surface area is 204 Å². The summed E-state index contributed by atoms with van der Waals surface area (Å²) >= 11 is 0. The first-order valence-electron chi connectivity index (χ1n) is 13.6. The van der Waals surface area contributed by atoms with Crippen molar-refractivity contribution in [2.24, 2.45) is 5.92 Å². The minimum atomic E-state index is -0.0930. The van der Waals surface area contributed by atoms with E-state index in [4.69, 9.17) is 23.7 Å². The second-order valence-electron chi connectivity index (χ2n) is 8.89. The number of carbonyl (C=O) groups excluding carboxylic acids is 1. The molecule has 6 heteroatoms. The van der Waals surface area contributed by atoms with Crippen molar-refractivity contribution < 1.29 is 28.5 Å². The molecule has 0 aliphatic carbocycles. The van der Waals surface area contributed by atoms with E-state index in [1.54, 1.807) is 7.11 Å². The molecule has 1 atom stereocenters. The van der Waals surface area contributed by atoms with Crippen LogP contribution in [0.1, 0.15) is 104 Å². The average molecular weight is 475 g/mol. The number of esters is 1. The summed E-state index contributed by atoms with van der Waals surface area (Å²) in [7, 11) is 1.65. The van der Waals surface area contributed by atoms with E-state index in [2.05, 4.69) is 13.8 Å². The summed E-state index contributed by atoms with van der Waals surface area (Å²) in [5.74, 6) is 0.424. The van der Waals surface area contributed by atoms with Crippen LogP contribution in [-0.4, -0.2) is 65.9 Å². The molecular formula is C27H54O6. The van der Waals surface area contributed by atoms with E-state index >= 15 is 0 Å². The Kier molecular flexibility index (Phi) is 27.0. The summed E-state index contributed by atoms with van der Waals surface area (Å²) in [6.07, 6.45) is 16.5. The standard InChI is InChI=1S/C27H54O6/c1-4-6-8-10-11-13-16-26(15-12-9-7-5-2)25-33-27(28)17-14-18-30-21-22-32-24-23-31-20-19-29-3/h26H,4-25H2,1-3H3.